The van der Waals surface area contributed by atoms with E-state index in [0.717, 1.165) is 41.2 Å². The van der Waals surface area contributed by atoms with Crippen LogP contribution in [0.2, 0.25) is 0 Å². The first-order chi connectivity index (χ1) is 12.2. The van der Waals surface area contributed by atoms with Gasteiger partial charge in [-0.15, -0.1) is 0 Å². The van der Waals surface area contributed by atoms with Gasteiger partial charge in [0.2, 0.25) is 5.91 Å². The van der Waals surface area contributed by atoms with Gasteiger partial charge in [-0.1, -0.05) is 13.8 Å². The number of hydrogen-bond donors (Lipinski definition) is 1. The van der Waals surface area contributed by atoms with Crippen LogP contribution in [0.3, 0.4) is 0 Å². The second kappa shape index (κ2) is 8.43. The zero-order valence-electron chi connectivity index (χ0n) is 17.1. The standard InChI is InChI=1S/C20H31N5O/c1-12(2)8-9-13(3)21-19(26)11-18-16(6)24-25(17(18)7)20-22-14(4)10-15(5)23-20/h10,12-13H,8-9,11H2,1-7H3,(H,21,26). The van der Waals surface area contributed by atoms with Crippen LogP contribution in [0, 0.1) is 33.6 Å². The quantitative estimate of drug-likeness (QED) is 0.824. The van der Waals surface area contributed by atoms with Crippen molar-refractivity contribution in [2.75, 3.05) is 0 Å². The van der Waals surface area contributed by atoms with E-state index in [1.807, 2.05) is 33.8 Å². The van der Waals surface area contributed by atoms with E-state index in [1.165, 1.54) is 0 Å². The Morgan fingerprint density at radius 2 is 1.69 bits per heavy atom. The molecule has 1 unspecified atom stereocenters. The average Bonchev–Trinajstić information content (AvgIpc) is 2.80. The van der Waals surface area contributed by atoms with Crippen LogP contribution >= 0.6 is 0 Å². The molecule has 2 rings (SSSR count). The number of aromatic nitrogens is 4. The van der Waals surface area contributed by atoms with Crippen LogP contribution in [0.15, 0.2) is 6.07 Å². The minimum Gasteiger partial charge on any atom is -0.353 e. The lowest BCUT2D eigenvalue weighted by atomic mass is 10.0. The Bertz CT molecular complexity index is 758. The summed E-state index contributed by atoms with van der Waals surface area (Å²) in [6, 6.07) is 2.12. The average molecular weight is 358 g/mol. The summed E-state index contributed by atoms with van der Waals surface area (Å²) >= 11 is 0. The topological polar surface area (TPSA) is 72.7 Å². The van der Waals surface area contributed by atoms with Crippen LogP contribution in [0.5, 0.6) is 0 Å². The molecular formula is C20H31N5O. The molecule has 0 bridgehead atoms. The second-order valence-corrected chi connectivity index (χ2v) is 7.63. The number of carbonyl (C=O) groups is 1. The molecule has 2 heterocycles. The molecule has 6 nitrogen and oxygen atoms in total. The highest BCUT2D eigenvalue weighted by atomic mass is 16.1. The summed E-state index contributed by atoms with van der Waals surface area (Å²) in [5, 5.41) is 7.66. The van der Waals surface area contributed by atoms with Gasteiger partial charge in [-0.2, -0.15) is 5.10 Å². The molecule has 142 valence electrons. The lowest BCUT2D eigenvalue weighted by Crippen LogP contribution is -2.34. The van der Waals surface area contributed by atoms with Crippen LogP contribution < -0.4 is 5.32 Å². The molecule has 0 saturated heterocycles. The SMILES string of the molecule is Cc1cc(C)nc(-n2nc(C)c(CC(=O)NC(C)CCC(C)C)c2C)n1. The van der Waals surface area contributed by atoms with Crippen molar-refractivity contribution in [2.24, 2.45) is 5.92 Å². The Kier molecular flexibility index (Phi) is 6.51. The highest BCUT2D eigenvalue weighted by molar-refractivity contribution is 5.79. The van der Waals surface area contributed by atoms with E-state index in [2.05, 4.69) is 41.2 Å². The zero-order chi connectivity index (χ0) is 19.4. The molecular weight excluding hydrogens is 326 g/mol. The molecule has 0 spiro atoms. The monoisotopic (exact) mass is 357 g/mol. The Morgan fingerprint density at radius 3 is 2.27 bits per heavy atom. The van der Waals surface area contributed by atoms with E-state index in [9.17, 15) is 4.79 Å². The van der Waals surface area contributed by atoms with Crippen molar-refractivity contribution in [1.82, 2.24) is 25.1 Å². The molecule has 26 heavy (non-hydrogen) atoms. The van der Waals surface area contributed by atoms with Gasteiger partial charge in [0.05, 0.1) is 12.1 Å². The molecule has 0 saturated carbocycles. The molecule has 1 N–H and O–H groups in total. The van der Waals surface area contributed by atoms with Gasteiger partial charge < -0.3 is 5.32 Å². The summed E-state index contributed by atoms with van der Waals surface area (Å²) in [5.41, 5.74) is 4.51. The maximum atomic E-state index is 12.4. The third-order valence-corrected chi connectivity index (χ3v) is 4.52. The Balaban J connectivity index is 2.13. The zero-order valence-corrected chi connectivity index (χ0v) is 17.1. The summed E-state index contributed by atoms with van der Waals surface area (Å²) in [7, 11) is 0. The summed E-state index contributed by atoms with van der Waals surface area (Å²) in [6.07, 6.45) is 2.44. The highest BCUT2D eigenvalue weighted by Gasteiger charge is 2.18. The molecule has 0 radical (unpaired) electrons. The molecule has 1 atom stereocenters. The summed E-state index contributed by atoms with van der Waals surface area (Å²) in [4.78, 5) is 21.4. The minimum atomic E-state index is 0.0355. The van der Waals surface area contributed by atoms with Crippen LogP contribution in [-0.4, -0.2) is 31.7 Å². The number of nitrogens with zero attached hydrogens (tertiary/aromatic N) is 4. The molecule has 0 aliphatic carbocycles. The Morgan fingerprint density at radius 1 is 1.08 bits per heavy atom. The van der Waals surface area contributed by atoms with Gasteiger partial charge in [-0.25, -0.2) is 14.6 Å². The smallest absolute Gasteiger partial charge is 0.251 e. The third kappa shape index (κ3) is 5.13. The number of amides is 1. The van der Waals surface area contributed by atoms with Gasteiger partial charge in [0, 0.05) is 28.7 Å². The van der Waals surface area contributed by atoms with E-state index in [0.29, 0.717) is 18.3 Å². The summed E-state index contributed by atoms with van der Waals surface area (Å²) < 4.78 is 1.74. The van der Waals surface area contributed by atoms with Crippen molar-refractivity contribution in [3.8, 4) is 5.95 Å². The van der Waals surface area contributed by atoms with Gasteiger partial charge in [0.15, 0.2) is 0 Å². The molecule has 2 aromatic heterocycles. The first-order valence-corrected chi connectivity index (χ1v) is 9.34. The van der Waals surface area contributed by atoms with Crippen LogP contribution in [0.1, 0.15) is 62.0 Å². The number of nitrogens with one attached hydrogen (secondary N) is 1. The van der Waals surface area contributed by atoms with Crippen LogP contribution in [-0.2, 0) is 11.2 Å². The maximum absolute atomic E-state index is 12.4. The Hall–Kier alpha value is -2.24. The number of rotatable bonds is 7. The molecule has 0 aliphatic heterocycles. The molecule has 0 aromatic carbocycles. The largest absolute Gasteiger partial charge is 0.353 e. The first kappa shape index (κ1) is 20.1. The van der Waals surface area contributed by atoms with Crippen LogP contribution in [0.25, 0.3) is 5.95 Å². The summed E-state index contributed by atoms with van der Waals surface area (Å²) in [6.45, 7) is 14.2. The first-order valence-electron chi connectivity index (χ1n) is 9.34. The number of aryl methyl sites for hydroxylation is 3. The van der Waals surface area contributed by atoms with Gasteiger partial charge >= 0.3 is 0 Å². The van der Waals surface area contributed by atoms with Crippen molar-refractivity contribution in [3.63, 3.8) is 0 Å². The molecule has 2 aromatic rings. The lowest BCUT2D eigenvalue weighted by molar-refractivity contribution is -0.121. The fourth-order valence-electron chi connectivity index (χ4n) is 3.07. The van der Waals surface area contributed by atoms with E-state index in [4.69, 9.17) is 0 Å². The van der Waals surface area contributed by atoms with Crippen molar-refractivity contribution in [2.45, 2.75) is 73.8 Å². The molecule has 0 aliphatic rings. The minimum absolute atomic E-state index is 0.0355. The van der Waals surface area contributed by atoms with Gasteiger partial charge in [-0.3, -0.25) is 4.79 Å². The van der Waals surface area contributed by atoms with Gasteiger partial charge in [0.25, 0.3) is 5.95 Å². The van der Waals surface area contributed by atoms with E-state index < -0.39 is 0 Å². The highest BCUT2D eigenvalue weighted by Crippen LogP contribution is 2.17. The van der Waals surface area contributed by atoms with Crippen molar-refractivity contribution < 1.29 is 4.79 Å². The van der Waals surface area contributed by atoms with Gasteiger partial charge in [0.1, 0.15) is 0 Å². The second-order valence-electron chi connectivity index (χ2n) is 7.63. The van der Waals surface area contributed by atoms with Crippen LogP contribution in [0.4, 0.5) is 0 Å². The molecule has 1 amide bonds. The van der Waals surface area contributed by atoms with Crippen molar-refractivity contribution in [1.29, 1.82) is 0 Å². The maximum Gasteiger partial charge on any atom is 0.251 e. The summed E-state index contributed by atoms with van der Waals surface area (Å²) in [5.74, 6) is 1.24. The van der Waals surface area contributed by atoms with Crippen molar-refractivity contribution in [3.05, 3.63) is 34.4 Å². The predicted molar refractivity (Wildman–Crippen MR) is 103 cm³/mol. The molecule has 0 fully saturated rings. The van der Waals surface area contributed by atoms with E-state index in [-0.39, 0.29) is 11.9 Å². The predicted octanol–water partition coefficient (Wildman–Crippen LogP) is 3.38. The molecule has 6 heteroatoms. The number of carbonyl (C=O) groups excluding carboxylic acids is 1. The Labute approximate surface area is 156 Å². The fraction of sp³-hybridized carbons (Fsp3) is 0.600. The number of hydrogen-bond acceptors (Lipinski definition) is 4. The van der Waals surface area contributed by atoms with E-state index in [1.54, 1.807) is 4.68 Å². The lowest BCUT2D eigenvalue weighted by Gasteiger charge is -2.15. The normalized spacial score (nSPS) is 12.5. The fourth-order valence-corrected chi connectivity index (χ4v) is 3.07. The van der Waals surface area contributed by atoms with E-state index >= 15 is 0 Å². The van der Waals surface area contributed by atoms with Gasteiger partial charge in [-0.05, 0) is 59.4 Å². The third-order valence-electron chi connectivity index (χ3n) is 4.52. The van der Waals surface area contributed by atoms with Crippen molar-refractivity contribution >= 4 is 5.91 Å².